The van der Waals surface area contributed by atoms with Crippen LogP contribution in [0.2, 0.25) is 0 Å². The maximum Gasteiger partial charge on any atom is 0.251 e. The van der Waals surface area contributed by atoms with Gasteiger partial charge in [-0.05, 0) is 54.1 Å². The first-order chi connectivity index (χ1) is 15.0. The van der Waals surface area contributed by atoms with E-state index >= 15 is 0 Å². The molecule has 0 radical (unpaired) electrons. The molecule has 3 aromatic rings. The van der Waals surface area contributed by atoms with Crippen LogP contribution >= 0.6 is 0 Å². The maximum absolute atomic E-state index is 13.7. The van der Waals surface area contributed by atoms with Crippen molar-refractivity contribution in [2.24, 2.45) is 0 Å². The van der Waals surface area contributed by atoms with Gasteiger partial charge in [0.1, 0.15) is 17.3 Å². The molecule has 0 spiro atoms. The molecule has 3 rings (SSSR count). The van der Waals surface area contributed by atoms with E-state index in [0.717, 1.165) is 0 Å². The van der Waals surface area contributed by atoms with E-state index in [1.165, 1.54) is 26.4 Å². The summed E-state index contributed by atoms with van der Waals surface area (Å²) in [6, 6.07) is 17.9. The third-order valence-electron chi connectivity index (χ3n) is 4.63. The summed E-state index contributed by atoms with van der Waals surface area (Å²) in [6.45, 7) is 0.515. The third kappa shape index (κ3) is 5.60. The van der Waals surface area contributed by atoms with Crippen LogP contribution < -0.4 is 20.1 Å². The zero-order chi connectivity index (χ0) is 22.2. The van der Waals surface area contributed by atoms with Crippen molar-refractivity contribution in [3.63, 3.8) is 0 Å². The van der Waals surface area contributed by atoms with Crippen molar-refractivity contribution in [1.82, 2.24) is 10.6 Å². The van der Waals surface area contributed by atoms with Gasteiger partial charge in [0.05, 0.1) is 14.2 Å². The van der Waals surface area contributed by atoms with Crippen LogP contribution in [0.25, 0.3) is 11.1 Å². The molecule has 2 amide bonds. The predicted molar refractivity (Wildman–Crippen MR) is 116 cm³/mol. The number of carbonyl (C=O) groups excluding carboxylic acids is 2. The predicted octanol–water partition coefficient (Wildman–Crippen LogP) is 3.67. The molecule has 0 aromatic heterocycles. The first-order valence-corrected chi connectivity index (χ1v) is 9.66. The van der Waals surface area contributed by atoms with Gasteiger partial charge in [-0.3, -0.25) is 9.59 Å². The lowest BCUT2D eigenvalue weighted by atomic mass is 10.0. The second-order valence-electron chi connectivity index (χ2n) is 6.67. The third-order valence-corrected chi connectivity index (χ3v) is 4.63. The van der Waals surface area contributed by atoms with Crippen LogP contribution in [0.4, 0.5) is 4.39 Å². The smallest absolute Gasteiger partial charge is 0.251 e. The van der Waals surface area contributed by atoms with E-state index in [2.05, 4.69) is 10.6 Å². The van der Waals surface area contributed by atoms with Crippen LogP contribution in [0, 0.1) is 5.82 Å². The minimum atomic E-state index is -0.391. The van der Waals surface area contributed by atoms with Gasteiger partial charge in [0.2, 0.25) is 0 Å². The number of benzene rings is 3. The van der Waals surface area contributed by atoms with Crippen molar-refractivity contribution >= 4 is 11.8 Å². The first kappa shape index (κ1) is 21.8. The summed E-state index contributed by atoms with van der Waals surface area (Å²) in [6.07, 6.45) is 0. The van der Waals surface area contributed by atoms with Gasteiger partial charge in [-0.25, -0.2) is 4.39 Å². The minimum absolute atomic E-state index is 0.252. The minimum Gasteiger partial charge on any atom is -0.497 e. The van der Waals surface area contributed by atoms with Gasteiger partial charge < -0.3 is 20.1 Å². The Morgan fingerprint density at radius 2 is 1.45 bits per heavy atom. The highest BCUT2D eigenvalue weighted by Crippen LogP contribution is 2.31. The fourth-order valence-corrected chi connectivity index (χ4v) is 3.05. The van der Waals surface area contributed by atoms with Gasteiger partial charge in [-0.15, -0.1) is 0 Å². The van der Waals surface area contributed by atoms with Gasteiger partial charge in [-0.2, -0.15) is 0 Å². The van der Waals surface area contributed by atoms with E-state index in [0.29, 0.717) is 33.8 Å². The number of nitrogens with one attached hydrogen (secondary N) is 2. The highest BCUT2D eigenvalue weighted by Gasteiger charge is 2.11. The molecule has 7 heteroatoms. The topological polar surface area (TPSA) is 76.7 Å². The number of rotatable bonds is 8. The van der Waals surface area contributed by atoms with Crippen molar-refractivity contribution in [2.75, 3.05) is 27.3 Å². The fraction of sp³-hybridized carbons (Fsp3) is 0.167. The molecule has 6 nitrogen and oxygen atoms in total. The number of amides is 2. The Balaban J connectivity index is 1.58. The normalized spacial score (nSPS) is 10.3. The lowest BCUT2D eigenvalue weighted by molar-refractivity contribution is 0.0927. The van der Waals surface area contributed by atoms with Crippen molar-refractivity contribution in [1.29, 1.82) is 0 Å². The van der Waals surface area contributed by atoms with E-state index in [1.54, 1.807) is 54.6 Å². The van der Waals surface area contributed by atoms with E-state index in [1.807, 2.05) is 0 Å². The Bertz CT molecular complexity index is 1080. The van der Waals surface area contributed by atoms with Gasteiger partial charge in [0.25, 0.3) is 11.8 Å². The van der Waals surface area contributed by atoms with Crippen molar-refractivity contribution in [3.8, 4) is 22.6 Å². The lowest BCUT2D eigenvalue weighted by Gasteiger charge is -2.11. The summed E-state index contributed by atoms with van der Waals surface area (Å²) >= 11 is 0. The molecule has 0 heterocycles. The molecular formula is C24H23FN2O4. The summed E-state index contributed by atoms with van der Waals surface area (Å²) in [7, 11) is 3.04. The quantitative estimate of drug-likeness (QED) is 0.543. The summed E-state index contributed by atoms with van der Waals surface area (Å²) in [5, 5.41) is 5.51. The van der Waals surface area contributed by atoms with Gasteiger partial charge >= 0.3 is 0 Å². The highest BCUT2D eigenvalue weighted by molar-refractivity contribution is 5.96. The largest absolute Gasteiger partial charge is 0.497 e. The molecule has 3 aromatic carbocycles. The van der Waals surface area contributed by atoms with Crippen LogP contribution in [-0.4, -0.2) is 39.1 Å². The van der Waals surface area contributed by atoms with E-state index in [-0.39, 0.29) is 24.9 Å². The molecule has 0 aliphatic rings. The van der Waals surface area contributed by atoms with Crippen LogP contribution in [0.15, 0.2) is 66.7 Å². The van der Waals surface area contributed by atoms with Crippen molar-refractivity contribution in [2.45, 2.75) is 0 Å². The number of carbonyl (C=O) groups is 2. The van der Waals surface area contributed by atoms with E-state index in [9.17, 15) is 14.0 Å². The molecule has 0 aliphatic carbocycles. The van der Waals surface area contributed by atoms with Crippen LogP contribution in [0.1, 0.15) is 20.7 Å². The van der Waals surface area contributed by atoms with Crippen LogP contribution in [-0.2, 0) is 0 Å². The number of hydrogen-bond acceptors (Lipinski definition) is 4. The lowest BCUT2D eigenvalue weighted by Crippen LogP contribution is -2.34. The second-order valence-corrected chi connectivity index (χ2v) is 6.67. The molecular weight excluding hydrogens is 399 g/mol. The molecule has 2 N–H and O–H groups in total. The average molecular weight is 422 g/mol. The molecule has 0 saturated heterocycles. The number of halogens is 1. The zero-order valence-corrected chi connectivity index (χ0v) is 17.3. The standard InChI is InChI=1S/C24H23FN2O4/c1-30-20-8-4-7-18(14-20)24(29)27-12-11-26-23(28)17-6-3-5-16(13-17)21-15-19(25)9-10-22(21)31-2/h3-10,13-15H,11-12H2,1-2H3,(H,26,28)(H,27,29). The Morgan fingerprint density at radius 3 is 2.10 bits per heavy atom. The molecule has 160 valence electrons. The fourth-order valence-electron chi connectivity index (χ4n) is 3.05. The Hall–Kier alpha value is -3.87. The SMILES string of the molecule is COc1cccc(C(=O)NCCNC(=O)c2cccc(-c3cc(F)ccc3OC)c2)c1. The Kier molecular flexibility index (Phi) is 7.22. The van der Waals surface area contributed by atoms with Crippen LogP contribution in [0.5, 0.6) is 11.5 Å². The summed E-state index contributed by atoms with van der Waals surface area (Å²) < 4.78 is 24.1. The van der Waals surface area contributed by atoms with E-state index < -0.39 is 5.82 Å². The first-order valence-electron chi connectivity index (χ1n) is 9.66. The molecule has 0 unspecified atom stereocenters. The molecule has 0 aliphatic heterocycles. The van der Waals surface area contributed by atoms with Crippen LogP contribution in [0.3, 0.4) is 0 Å². The Labute approximate surface area is 180 Å². The summed E-state index contributed by atoms with van der Waals surface area (Å²) in [5.74, 6) is 0.161. The molecule has 0 saturated carbocycles. The van der Waals surface area contributed by atoms with Crippen molar-refractivity contribution in [3.05, 3.63) is 83.7 Å². The summed E-state index contributed by atoms with van der Waals surface area (Å²) in [5.41, 5.74) is 2.11. The highest BCUT2D eigenvalue weighted by atomic mass is 19.1. The van der Waals surface area contributed by atoms with Gasteiger partial charge in [0.15, 0.2) is 0 Å². The second kappa shape index (κ2) is 10.2. The van der Waals surface area contributed by atoms with Gasteiger partial charge in [0, 0.05) is 29.8 Å². The van der Waals surface area contributed by atoms with Gasteiger partial charge in [-0.1, -0.05) is 18.2 Å². The molecule has 31 heavy (non-hydrogen) atoms. The van der Waals surface area contributed by atoms with E-state index in [4.69, 9.17) is 9.47 Å². The summed E-state index contributed by atoms with van der Waals surface area (Å²) in [4.78, 5) is 24.7. The molecule has 0 bridgehead atoms. The zero-order valence-electron chi connectivity index (χ0n) is 17.3. The molecule has 0 atom stereocenters. The average Bonchev–Trinajstić information content (AvgIpc) is 2.81. The number of ether oxygens (including phenoxy) is 2. The number of methoxy groups -OCH3 is 2. The maximum atomic E-state index is 13.7. The monoisotopic (exact) mass is 422 g/mol. The molecule has 0 fully saturated rings. The van der Waals surface area contributed by atoms with Crippen molar-refractivity contribution < 1.29 is 23.5 Å². The number of hydrogen-bond donors (Lipinski definition) is 2. The Morgan fingerprint density at radius 1 is 0.806 bits per heavy atom.